The van der Waals surface area contributed by atoms with Crippen LogP contribution in [-0.2, 0) is 22.4 Å². The first-order chi connectivity index (χ1) is 14.2. The average Bonchev–Trinajstić information content (AvgIpc) is 2.97. The largest absolute Gasteiger partial charge is 0.490 e. The molecule has 1 aromatic rings. The van der Waals surface area contributed by atoms with Gasteiger partial charge in [-0.05, 0) is 73.8 Å². The second-order valence-electron chi connectivity index (χ2n) is 7.90. The number of rotatable bonds is 8. The van der Waals surface area contributed by atoms with Crippen molar-refractivity contribution in [1.82, 2.24) is 4.90 Å². The van der Waals surface area contributed by atoms with Gasteiger partial charge < -0.3 is 19.1 Å². The summed E-state index contributed by atoms with van der Waals surface area (Å²) in [6.45, 7) is 8.66. The van der Waals surface area contributed by atoms with Gasteiger partial charge in [0.2, 0.25) is 5.91 Å². The molecule has 0 aliphatic carbocycles. The fraction of sp³-hybridized carbons (Fsp3) is 0.625. The Hall–Kier alpha value is -2.01. The highest BCUT2D eigenvalue weighted by atomic mass is 16.5. The normalized spacial score (nSPS) is 17.8. The maximum Gasteiger partial charge on any atom is 0.246 e. The summed E-state index contributed by atoms with van der Waals surface area (Å²) in [4.78, 5) is 14.7. The van der Waals surface area contributed by atoms with E-state index >= 15 is 0 Å². The molecular formula is C24H35NO4. The lowest BCUT2D eigenvalue weighted by molar-refractivity contribution is -0.126. The van der Waals surface area contributed by atoms with Crippen molar-refractivity contribution < 1.29 is 19.0 Å². The fourth-order valence-electron chi connectivity index (χ4n) is 3.83. The Morgan fingerprint density at radius 1 is 1.03 bits per heavy atom. The SMILES string of the molecule is CCCOc1cc2c(cc1OCCC)CCN(C(=O)/C=C/C1CCOCC1)CC2. The summed E-state index contributed by atoms with van der Waals surface area (Å²) in [5, 5.41) is 0. The van der Waals surface area contributed by atoms with Crippen LogP contribution in [-0.4, -0.2) is 50.3 Å². The van der Waals surface area contributed by atoms with E-state index in [0.29, 0.717) is 19.1 Å². The van der Waals surface area contributed by atoms with E-state index in [2.05, 4.69) is 32.1 Å². The molecule has 5 nitrogen and oxygen atoms in total. The predicted molar refractivity (Wildman–Crippen MR) is 115 cm³/mol. The highest BCUT2D eigenvalue weighted by Gasteiger charge is 2.20. The van der Waals surface area contributed by atoms with Crippen LogP contribution in [0.4, 0.5) is 0 Å². The number of fused-ring (bicyclic) bond motifs is 1. The molecule has 3 rings (SSSR count). The molecule has 0 atom stereocenters. The zero-order valence-electron chi connectivity index (χ0n) is 18.0. The molecule has 1 fully saturated rings. The molecule has 0 radical (unpaired) electrons. The number of hydrogen-bond donors (Lipinski definition) is 0. The zero-order valence-corrected chi connectivity index (χ0v) is 18.0. The van der Waals surface area contributed by atoms with Gasteiger partial charge >= 0.3 is 0 Å². The van der Waals surface area contributed by atoms with E-state index in [-0.39, 0.29) is 5.91 Å². The molecule has 0 unspecified atom stereocenters. The number of benzene rings is 1. The van der Waals surface area contributed by atoms with Crippen molar-refractivity contribution in [2.75, 3.05) is 39.5 Å². The third kappa shape index (κ3) is 6.23. The van der Waals surface area contributed by atoms with Crippen molar-refractivity contribution in [2.24, 2.45) is 5.92 Å². The highest BCUT2D eigenvalue weighted by Crippen LogP contribution is 2.33. The number of carbonyl (C=O) groups is 1. The minimum absolute atomic E-state index is 0.120. The van der Waals surface area contributed by atoms with Crippen molar-refractivity contribution in [1.29, 1.82) is 0 Å². The summed E-state index contributed by atoms with van der Waals surface area (Å²) >= 11 is 0. The first-order valence-corrected chi connectivity index (χ1v) is 11.2. The molecule has 29 heavy (non-hydrogen) atoms. The minimum atomic E-state index is 0.120. The Labute approximate surface area is 175 Å². The van der Waals surface area contributed by atoms with Gasteiger partial charge in [0.1, 0.15) is 0 Å². The Balaban J connectivity index is 1.66. The van der Waals surface area contributed by atoms with Gasteiger partial charge in [-0.2, -0.15) is 0 Å². The summed E-state index contributed by atoms with van der Waals surface area (Å²) < 4.78 is 17.3. The molecule has 1 amide bonds. The van der Waals surface area contributed by atoms with E-state index in [0.717, 1.165) is 76.3 Å². The second kappa shape index (κ2) is 11.2. The average molecular weight is 402 g/mol. The molecule has 0 aromatic heterocycles. The number of ether oxygens (including phenoxy) is 3. The van der Waals surface area contributed by atoms with Gasteiger partial charge in [-0.3, -0.25) is 4.79 Å². The van der Waals surface area contributed by atoms with Gasteiger partial charge in [0.05, 0.1) is 13.2 Å². The molecule has 2 aliphatic rings. The van der Waals surface area contributed by atoms with Crippen LogP contribution in [0, 0.1) is 5.92 Å². The molecule has 2 aliphatic heterocycles. The van der Waals surface area contributed by atoms with Crippen molar-refractivity contribution in [2.45, 2.75) is 52.4 Å². The van der Waals surface area contributed by atoms with E-state index in [4.69, 9.17) is 14.2 Å². The predicted octanol–water partition coefficient (Wildman–Crippen LogP) is 4.17. The van der Waals surface area contributed by atoms with E-state index in [1.54, 1.807) is 6.08 Å². The Bertz CT molecular complexity index is 655. The Kier molecular flexibility index (Phi) is 8.41. The molecule has 0 spiro atoms. The van der Waals surface area contributed by atoms with Crippen LogP contribution < -0.4 is 9.47 Å². The zero-order chi connectivity index (χ0) is 20.5. The topological polar surface area (TPSA) is 48.0 Å². The van der Waals surface area contributed by atoms with Gasteiger partial charge in [-0.15, -0.1) is 0 Å². The number of nitrogens with zero attached hydrogens (tertiary/aromatic N) is 1. The Morgan fingerprint density at radius 3 is 2.10 bits per heavy atom. The van der Waals surface area contributed by atoms with E-state index in [9.17, 15) is 4.79 Å². The summed E-state index contributed by atoms with van der Waals surface area (Å²) in [7, 11) is 0. The molecule has 0 N–H and O–H groups in total. The lowest BCUT2D eigenvalue weighted by atomic mass is 10.00. The van der Waals surface area contributed by atoms with E-state index in [1.807, 2.05) is 4.90 Å². The molecule has 1 aromatic carbocycles. The summed E-state index contributed by atoms with van der Waals surface area (Å²) in [5.41, 5.74) is 2.53. The first-order valence-electron chi connectivity index (χ1n) is 11.2. The quantitative estimate of drug-likeness (QED) is 0.613. The number of amides is 1. The van der Waals surface area contributed by atoms with Crippen molar-refractivity contribution in [3.05, 3.63) is 35.4 Å². The van der Waals surface area contributed by atoms with Crippen LogP contribution in [0.1, 0.15) is 50.7 Å². The van der Waals surface area contributed by atoms with Gasteiger partial charge in [0, 0.05) is 26.3 Å². The number of hydrogen-bond acceptors (Lipinski definition) is 4. The van der Waals surface area contributed by atoms with Crippen LogP contribution in [0.2, 0.25) is 0 Å². The van der Waals surface area contributed by atoms with E-state index < -0.39 is 0 Å². The molecule has 5 heteroatoms. The van der Waals surface area contributed by atoms with Crippen molar-refractivity contribution in [3.63, 3.8) is 0 Å². The Morgan fingerprint density at radius 2 is 1.59 bits per heavy atom. The third-order valence-corrected chi connectivity index (χ3v) is 5.58. The maximum atomic E-state index is 12.7. The molecule has 0 saturated carbocycles. The van der Waals surface area contributed by atoms with Gasteiger partial charge in [-0.25, -0.2) is 0 Å². The summed E-state index contributed by atoms with van der Waals surface area (Å²) in [5.74, 6) is 2.25. The van der Waals surface area contributed by atoms with Crippen LogP contribution >= 0.6 is 0 Å². The lowest BCUT2D eigenvalue weighted by Gasteiger charge is -2.20. The van der Waals surface area contributed by atoms with Crippen LogP contribution in [0.15, 0.2) is 24.3 Å². The minimum Gasteiger partial charge on any atom is -0.490 e. The summed E-state index contributed by atoms with van der Waals surface area (Å²) in [6.07, 6.45) is 9.50. The smallest absolute Gasteiger partial charge is 0.246 e. The van der Waals surface area contributed by atoms with Gasteiger partial charge in [0.15, 0.2) is 11.5 Å². The standard InChI is InChI=1S/C24H35NO4/c1-3-13-28-22-17-20-7-11-25(12-8-21(20)18-23(22)29-14-4-2)24(26)6-5-19-9-15-27-16-10-19/h5-6,17-19H,3-4,7-16H2,1-2H3/b6-5+. The highest BCUT2D eigenvalue weighted by molar-refractivity contribution is 5.87. The molecule has 2 heterocycles. The van der Waals surface area contributed by atoms with Crippen molar-refractivity contribution >= 4 is 5.91 Å². The third-order valence-electron chi connectivity index (χ3n) is 5.58. The molecule has 1 saturated heterocycles. The number of carbonyl (C=O) groups excluding carboxylic acids is 1. The fourth-order valence-corrected chi connectivity index (χ4v) is 3.83. The van der Waals surface area contributed by atoms with Crippen molar-refractivity contribution in [3.8, 4) is 11.5 Å². The monoisotopic (exact) mass is 401 g/mol. The molecular weight excluding hydrogens is 366 g/mol. The van der Waals surface area contributed by atoms with E-state index in [1.165, 1.54) is 11.1 Å². The van der Waals surface area contributed by atoms with Crippen LogP contribution in [0.5, 0.6) is 11.5 Å². The molecule has 0 bridgehead atoms. The van der Waals surface area contributed by atoms with Crippen LogP contribution in [0.3, 0.4) is 0 Å². The maximum absolute atomic E-state index is 12.7. The second-order valence-corrected chi connectivity index (χ2v) is 7.90. The number of allylic oxidation sites excluding steroid dienone is 1. The van der Waals surface area contributed by atoms with Gasteiger partial charge in [-0.1, -0.05) is 19.9 Å². The van der Waals surface area contributed by atoms with Gasteiger partial charge in [0.25, 0.3) is 0 Å². The first kappa shape index (κ1) is 21.7. The molecule has 160 valence electrons. The lowest BCUT2D eigenvalue weighted by Crippen LogP contribution is -2.32. The van der Waals surface area contributed by atoms with Crippen LogP contribution in [0.25, 0.3) is 0 Å². The summed E-state index contributed by atoms with van der Waals surface area (Å²) in [6, 6.07) is 4.25.